The molecule has 0 aliphatic carbocycles. The summed E-state index contributed by atoms with van der Waals surface area (Å²) in [6, 6.07) is 10.1. The van der Waals surface area contributed by atoms with E-state index in [9.17, 15) is 4.79 Å². The fourth-order valence-electron chi connectivity index (χ4n) is 2.59. The molecule has 2 N–H and O–H groups in total. The molecule has 1 atom stereocenters. The average Bonchev–Trinajstić information content (AvgIpc) is 3.08. The third-order valence-corrected chi connectivity index (χ3v) is 3.88. The number of nitrogens with one attached hydrogen (secondary N) is 2. The zero-order chi connectivity index (χ0) is 17.8. The summed E-state index contributed by atoms with van der Waals surface area (Å²) < 4.78 is 21.2. The highest BCUT2D eigenvalue weighted by molar-refractivity contribution is 5.90. The second kappa shape index (κ2) is 7.21. The van der Waals surface area contributed by atoms with Crippen molar-refractivity contribution in [2.45, 2.75) is 13.0 Å². The number of fused-ring (bicyclic) bond motifs is 1. The highest BCUT2D eigenvalue weighted by atomic mass is 16.7. The predicted octanol–water partition coefficient (Wildman–Crippen LogP) is 3.32. The quantitative estimate of drug-likeness (QED) is 0.870. The van der Waals surface area contributed by atoms with Crippen molar-refractivity contribution >= 4 is 11.7 Å². The zero-order valence-electron chi connectivity index (χ0n) is 14.3. The van der Waals surface area contributed by atoms with Gasteiger partial charge in [-0.3, -0.25) is 0 Å². The van der Waals surface area contributed by atoms with Gasteiger partial charge in [0.25, 0.3) is 0 Å². The van der Waals surface area contributed by atoms with Crippen LogP contribution in [0.2, 0.25) is 0 Å². The minimum absolute atomic E-state index is 0.192. The van der Waals surface area contributed by atoms with E-state index in [-0.39, 0.29) is 18.9 Å². The third kappa shape index (κ3) is 3.71. The lowest BCUT2D eigenvalue weighted by Crippen LogP contribution is -2.31. The van der Waals surface area contributed by atoms with Crippen LogP contribution in [0.3, 0.4) is 0 Å². The minimum Gasteiger partial charge on any atom is -0.497 e. The van der Waals surface area contributed by atoms with Crippen molar-refractivity contribution in [3.8, 4) is 23.0 Å². The highest BCUT2D eigenvalue weighted by Crippen LogP contribution is 2.34. The van der Waals surface area contributed by atoms with Gasteiger partial charge in [0.1, 0.15) is 11.5 Å². The van der Waals surface area contributed by atoms with Crippen LogP contribution in [0.15, 0.2) is 36.4 Å². The lowest BCUT2D eigenvalue weighted by molar-refractivity contribution is 0.174. The molecule has 0 spiro atoms. The van der Waals surface area contributed by atoms with E-state index < -0.39 is 0 Å². The van der Waals surface area contributed by atoms with Crippen molar-refractivity contribution in [1.29, 1.82) is 0 Å². The predicted molar refractivity (Wildman–Crippen MR) is 92.7 cm³/mol. The Hall–Kier alpha value is -3.09. The number of amides is 2. The zero-order valence-corrected chi connectivity index (χ0v) is 14.3. The van der Waals surface area contributed by atoms with Crippen molar-refractivity contribution in [3.63, 3.8) is 0 Å². The minimum atomic E-state index is -0.337. The van der Waals surface area contributed by atoms with Gasteiger partial charge in [0.15, 0.2) is 11.5 Å². The first-order valence-electron chi connectivity index (χ1n) is 7.80. The van der Waals surface area contributed by atoms with Crippen molar-refractivity contribution in [1.82, 2.24) is 5.32 Å². The largest absolute Gasteiger partial charge is 0.497 e. The SMILES string of the molecule is COc1ccc(OC)c(C(C)NC(=O)Nc2ccc3c(c2)OCO3)c1. The molecular weight excluding hydrogens is 324 g/mol. The van der Waals surface area contributed by atoms with Gasteiger partial charge in [0.2, 0.25) is 6.79 Å². The first-order chi connectivity index (χ1) is 12.1. The van der Waals surface area contributed by atoms with Crippen LogP contribution in [-0.4, -0.2) is 27.0 Å². The van der Waals surface area contributed by atoms with Gasteiger partial charge in [-0.25, -0.2) is 4.79 Å². The van der Waals surface area contributed by atoms with Crippen molar-refractivity contribution in [2.75, 3.05) is 26.3 Å². The second-order valence-corrected chi connectivity index (χ2v) is 5.50. The van der Waals surface area contributed by atoms with Crippen LogP contribution in [0.4, 0.5) is 10.5 Å². The molecule has 0 aromatic heterocycles. The van der Waals surface area contributed by atoms with E-state index >= 15 is 0 Å². The van der Waals surface area contributed by atoms with Gasteiger partial charge in [0, 0.05) is 17.3 Å². The maximum Gasteiger partial charge on any atom is 0.319 e. The van der Waals surface area contributed by atoms with Crippen LogP contribution in [0.25, 0.3) is 0 Å². The van der Waals surface area contributed by atoms with Crippen LogP contribution in [0, 0.1) is 0 Å². The maximum absolute atomic E-state index is 12.3. The van der Waals surface area contributed by atoms with E-state index in [0.717, 1.165) is 5.56 Å². The molecule has 132 valence electrons. The maximum atomic E-state index is 12.3. The number of carbonyl (C=O) groups is 1. The van der Waals surface area contributed by atoms with Crippen molar-refractivity contribution in [3.05, 3.63) is 42.0 Å². The van der Waals surface area contributed by atoms with E-state index in [0.29, 0.717) is 28.7 Å². The average molecular weight is 344 g/mol. The van der Waals surface area contributed by atoms with Gasteiger partial charge < -0.3 is 29.6 Å². The number of rotatable bonds is 5. The monoisotopic (exact) mass is 344 g/mol. The summed E-state index contributed by atoms with van der Waals surface area (Å²) in [7, 11) is 3.18. The Balaban J connectivity index is 1.68. The van der Waals surface area contributed by atoms with Crippen molar-refractivity contribution < 1.29 is 23.7 Å². The molecule has 1 aliphatic rings. The molecule has 2 amide bonds. The van der Waals surface area contributed by atoms with E-state index in [1.54, 1.807) is 32.4 Å². The standard InChI is InChI=1S/C18H20N2O5/c1-11(14-9-13(22-2)5-7-15(14)23-3)19-18(21)20-12-4-6-16-17(8-12)25-10-24-16/h4-9,11H,10H2,1-3H3,(H2,19,20,21). The molecule has 0 saturated heterocycles. The number of carbonyl (C=O) groups excluding carboxylic acids is 1. The summed E-state index contributed by atoms with van der Waals surface area (Å²) in [5, 5.41) is 5.66. The van der Waals surface area contributed by atoms with E-state index in [1.807, 2.05) is 25.1 Å². The molecule has 0 saturated carbocycles. The van der Waals surface area contributed by atoms with E-state index in [4.69, 9.17) is 18.9 Å². The van der Waals surface area contributed by atoms with Crippen LogP contribution < -0.4 is 29.6 Å². The van der Waals surface area contributed by atoms with Gasteiger partial charge in [-0.15, -0.1) is 0 Å². The third-order valence-electron chi connectivity index (χ3n) is 3.88. The number of benzene rings is 2. The van der Waals surface area contributed by atoms with Crippen LogP contribution in [-0.2, 0) is 0 Å². The molecule has 1 aliphatic heterocycles. The van der Waals surface area contributed by atoms with Gasteiger partial charge >= 0.3 is 6.03 Å². The van der Waals surface area contributed by atoms with Crippen LogP contribution in [0.1, 0.15) is 18.5 Å². The van der Waals surface area contributed by atoms with Crippen LogP contribution >= 0.6 is 0 Å². The first kappa shape index (κ1) is 16.8. The Morgan fingerprint density at radius 2 is 1.88 bits per heavy atom. The normalized spacial score (nSPS) is 13.1. The Labute approximate surface area is 145 Å². The summed E-state index contributed by atoms with van der Waals surface area (Å²) in [6.45, 7) is 2.06. The number of hydrogen-bond donors (Lipinski definition) is 2. The Morgan fingerprint density at radius 1 is 1.08 bits per heavy atom. The molecule has 1 heterocycles. The Bertz CT molecular complexity index is 778. The Morgan fingerprint density at radius 3 is 2.64 bits per heavy atom. The molecule has 1 unspecified atom stereocenters. The topological polar surface area (TPSA) is 78.1 Å². The lowest BCUT2D eigenvalue weighted by atomic mass is 10.1. The molecule has 0 radical (unpaired) electrons. The second-order valence-electron chi connectivity index (χ2n) is 5.50. The summed E-state index contributed by atoms with van der Waals surface area (Å²) >= 11 is 0. The summed E-state index contributed by atoms with van der Waals surface area (Å²) in [6.07, 6.45) is 0. The molecule has 3 rings (SSSR count). The number of methoxy groups -OCH3 is 2. The van der Waals surface area contributed by atoms with E-state index in [2.05, 4.69) is 10.6 Å². The van der Waals surface area contributed by atoms with Gasteiger partial charge in [-0.1, -0.05) is 0 Å². The molecule has 0 fully saturated rings. The number of ether oxygens (including phenoxy) is 4. The highest BCUT2D eigenvalue weighted by Gasteiger charge is 2.17. The van der Waals surface area contributed by atoms with Gasteiger partial charge in [0.05, 0.1) is 20.3 Å². The fourth-order valence-corrected chi connectivity index (χ4v) is 2.59. The first-order valence-corrected chi connectivity index (χ1v) is 7.80. The summed E-state index contributed by atoms with van der Waals surface area (Å²) in [4.78, 5) is 12.3. The molecule has 25 heavy (non-hydrogen) atoms. The molecule has 7 nitrogen and oxygen atoms in total. The summed E-state index contributed by atoms with van der Waals surface area (Å²) in [5.41, 5.74) is 1.44. The number of hydrogen-bond acceptors (Lipinski definition) is 5. The smallest absolute Gasteiger partial charge is 0.319 e. The molecule has 2 aromatic rings. The van der Waals surface area contributed by atoms with Gasteiger partial charge in [-0.05, 0) is 37.3 Å². The fraction of sp³-hybridized carbons (Fsp3) is 0.278. The Kier molecular flexibility index (Phi) is 4.83. The molecule has 0 bridgehead atoms. The molecular formula is C18H20N2O5. The van der Waals surface area contributed by atoms with Crippen LogP contribution in [0.5, 0.6) is 23.0 Å². The van der Waals surface area contributed by atoms with E-state index in [1.165, 1.54) is 0 Å². The molecule has 7 heteroatoms. The number of anilines is 1. The van der Waals surface area contributed by atoms with Gasteiger partial charge in [-0.2, -0.15) is 0 Å². The number of urea groups is 1. The van der Waals surface area contributed by atoms with Crippen molar-refractivity contribution in [2.24, 2.45) is 0 Å². The summed E-state index contributed by atoms with van der Waals surface area (Å²) in [5.74, 6) is 2.65. The molecule has 2 aromatic carbocycles. The lowest BCUT2D eigenvalue weighted by Gasteiger charge is -2.18.